The monoisotopic (exact) mass is 267 g/mol. The predicted molar refractivity (Wildman–Crippen MR) is 82.6 cm³/mol. The highest BCUT2D eigenvalue weighted by Gasteiger charge is 2.37. The molecule has 19 heavy (non-hydrogen) atoms. The van der Waals surface area contributed by atoms with E-state index in [-0.39, 0.29) is 0 Å². The molecule has 0 aromatic rings. The second-order valence-corrected chi connectivity index (χ2v) is 6.67. The SMILES string of the molecule is CCC(C)N(C)CCN1C2CCCC1CC(NC)C2. The summed E-state index contributed by atoms with van der Waals surface area (Å²) in [5.41, 5.74) is 0. The molecule has 0 amide bonds. The van der Waals surface area contributed by atoms with Gasteiger partial charge in [-0.25, -0.2) is 0 Å². The summed E-state index contributed by atoms with van der Waals surface area (Å²) in [6, 6.07) is 3.17. The minimum absolute atomic E-state index is 0.717. The molecule has 0 aromatic carbocycles. The van der Waals surface area contributed by atoms with Gasteiger partial charge in [-0.1, -0.05) is 13.3 Å². The Labute approximate surface area is 119 Å². The minimum Gasteiger partial charge on any atom is -0.317 e. The molecule has 1 N–H and O–H groups in total. The fourth-order valence-electron chi connectivity index (χ4n) is 3.88. The Balaban J connectivity index is 1.86. The van der Waals surface area contributed by atoms with Gasteiger partial charge in [0.1, 0.15) is 0 Å². The molecule has 0 radical (unpaired) electrons. The lowest BCUT2D eigenvalue weighted by atomic mass is 9.82. The largest absolute Gasteiger partial charge is 0.317 e. The van der Waals surface area contributed by atoms with E-state index in [9.17, 15) is 0 Å². The average Bonchev–Trinajstić information content (AvgIpc) is 2.42. The van der Waals surface area contributed by atoms with Crippen LogP contribution in [-0.4, -0.2) is 61.2 Å². The molecule has 3 atom stereocenters. The van der Waals surface area contributed by atoms with Crippen LogP contribution in [0.5, 0.6) is 0 Å². The lowest BCUT2D eigenvalue weighted by Gasteiger charge is -2.49. The van der Waals surface area contributed by atoms with Crippen LogP contribution < -0.4 is 5.32 Å². The highest BCUT2D eigenvalue weighted by molar-refractivity contribution is 4.94. The van der Waals surface area contributed by atoms with Crippen LogP contribution in [0.25, 0.3) is 0 Å². The van der Waals surface area contributed by atoms with Gasteiger partial charge in [0.05, 0.1) is 0 Å². The molecule has 0 aliphatic carbocycles. The van der Waals surface area contributed by atoms with Gasteiger partial charge in [0.25, 0.3) is 0 Å². The molecule has 2 bridgehead atoms. The Bertz CT molecular complexity index is 255. The van der Waals surface area contributed by atoms with Gasteiger partial charge >= 0.3 is 0 Å². The van der Waals surface area contributed by atoms with Crippen molar-refractivity contribution in [3.8, 4) is 0 Å². The minimum atomic E-state index is 0.717. The highest BCUT2D eigenvalue weighted by Crippen LogP contribution is 2.33. The zero-order valence-corrected chi connectivity index (χ0v) is 13.4. The second kappa shape index (κ2) is 7.05. The molecular weight excluding hydrogens is 234 g/mol. The van der Waals surface area contributed by atoms with Crippen molar-refractivity contribution in [1.29, 1.82) is 0 Å². The predicted octanol–water partition coefficient (Wildman–Crippen LogP) is 2.32. The van der Waals surface area contributed by atoms with Crippen molar-refractivity contribution in [2.45, 2.75) is 76.5 Å². The Morgan fingerprint density at radius 1 is 1.26 bits per heavy atom. The molecule has 0 aromatic heterocycles. The molecule has 2 aliphatic heterocycles. The zero-order valence-electron chi connectivity index (χ0n) is 13.4. The van der Waals surface area contributed by atoms with Crippen molar-refractivity contribution in [3.63, 3.8) is 0 Å². The van der Waals surface area contributed by atoms with Gasteiger partial charge in [-0.2, -0.15) is 0 Å². The number of rotatable bonds is 6. The number of fused-ring (bicyclic) bond motifs is 2. The van der Waals surface area contributed by atoms with Crippen molar-refractivity contribution in [2.24, 2.45) is 0 Å². The third kappa shape index (κ3) is 3.71. The fraction of sp³-hybridized carbons (Fsp3) is 1.00. The molecule has 3 unspecified atom stereocenters. The van der Waals surface area contributed by atoms with Crippen molar-refractivity contribution in [3.05, 3.63) is 0 Å². The summed E-state index contributed by atoms with van der Waals surface area (Å²) in [4.78, 5) is 5.36. The number of nitrogens with one attached hydrogen (secondary N) is 1. The number of hydrogen-bond acceptors (Lipinski definition) is 3. The maximum Gasteiger partial charge on any atom is 0.0115 e. The van der Waals surface area contributed by atoms with E-state index < -0.39 is 0 Å². The molecule has 2 fully saturated rings. The molecule has 2 aliphatic rings. The highest BCUT2D eigenvalue weighted by atomic mass is 15.2. The second-order valence-electron chi connectivity index (χ2n) is 6.67. The van der Waals surface area contributed by atoms with Crippen molar-refractivity contribution in [1.82, 2.24) is 15.1 Å². The first-order valence-corrected chi connectivity index (χ1v) is 8.29. The number of hydrogen-bond donors (Lipinski definition) is 1. The Kier molecular flexibility index (Phi) is 5.67. The Morgan fingerprint density at radius 3 is 2.42 bits per heavy atom. The van der Waals surface area contributed by atoms with E-state index in [1.807, 2.05) is 0 Å². The van der Waals surface area contributed by atoms with E-state index in [0.717, 1.165) is 24.2 Å². The Morgan fingerprint density at radius 2 is 1.89 bits per heavy atom. The number of piperidine rings is 2. The van der Waals surface area contributed by atoms with E-state index in [1.54, 1.807) is 0 Å². The van der Waals surface area contributed by atoms with Gasteiger partial charge in [-0.05, 0) is 53.1 Å². The maximum absolute atomic E-state index is 3.51. The van der Waals surface area contributed by atoms with E-state index >= 15 is 0 Å². The fourth-order valence-corrected chi connectivity index (χ4v) is 3.88. The Hall–Kier alpha value is -0.120. The molecule has 2 heterocycles. The van der Waals surface area contributed by atoms with Gasteiger partial charge in [-0.3, -0.25) is 4.90 Å². The molecule has 112 valence electrons. The first-order chi connectivity index (χ1) is 9.15. The smallest absolute Gasteiger partial charge is 0.0115 e. The summed E-state index contributed by atoms with van der Waals surface area (Å²) >= 11 is 0. The van der Waals surface area contributed by atoms with Crippen LogP contribution in [0, 0.1) is 0 Å². The van der Waals surface area contributed by atoms with Gasteiger partial charge in [0.15, 0.2) is 0 Å². The molecule has 0 saturated carbocycles. The summed E-state index contributed by atoms with van der Waals surface area (Å²) < 4.78 is 0. The summed E-state index contributed by atoms with van der Waals surface area (Å²) in [5.74, 6) is 0. The van der Waals surface area contributed by atoms with Gasteiger partial charge < -0.3 is 10.2 Å². The quantitative estimate of drug-likeness (QED) is 0.797. The third-order valence-corrected chi connectivity index (χ3v) is 5.59. The maximum atomic E-state index is 3.51. The first-order valence-electron chi connectivity index (χ1n) is 8.29. The normalized spacial score (nSPS) is 33.6. The third-order valence-electron chi connectivity index (χ3n) is 5.59. The van der Waals surface area contributed by atoms with E-state index in [1.165, 1.54) is 51.6 Å². The van der Waals surface area contributed by atoms with Crippen molar-refractivity contribution >= 4 is 0 Å². The van der Waals surface area contributed by atoms with Crippen LogP contribution in [0.3, 0.4) is 0 Å². The van der Waals surface area contributed by atoms with E-state index in [4.69, 9.17) is 0 Å². The number of nitrogens with zero attached hydrogens (tertiary/aromatic N) is 2. The molecule has 0 spiro atoms. The van der Waals surface area contributed by atoms with Crippen LogP contribution in [0.15, 0.2) is 0 Å². The van der Waals surface area contributed by atoms with Crippen molar-refractivity contribution in [2.75, 3.05) is 27.2 Å². The standard InChI is InChI=1S/C16H33N3/c1-5-13(2)18(4)9-10-19-15-7-6-8-16(19)12-14(11-15)17-3/h13-17H,5-12H2,1-4H3. The van der Waals surface area contributed by atoms with Crippen LogP contribution >= 0.6 is 0 Å². The molecule has 2 rings (SSSR count). The van der Waals surface area contributed by atoms with E-state index in [0.29, 0.717) is 0 Å². The molecular formula is C16H33N3. The van der Waals surface area contributed by atoms with Crippen LogP contribution in [0.1, 0.15) is 52.4 Å². The lowest BCUT2D eigenvalue weighted by Crippen LogP contribution is -2.57. The van der Waals surface area contributed by atoms with Crippen molar-refractivity contribution < 1.29 is 0 Å². The van der Waals surface area contributed by atoms with Gasteiger partial charge in [0.2, 0.25) is 0 Å². The summed E-state index contributed by atoms with van der Waals surface area (Å²) in [5, 5.41) is 3.51. The number of likely N-dealkylation sites (N-methyl/N-ethyl adjacent to an activating group) is 1. The van der Waals surface area contributed by atoms with Crippen LogP contribution in [0.4, 0.5) is 0 Å². The topological polar surface area (TPSA) is 18.5 Å². The summed E-state index contributed by atoms with van der Waals surface area (Å²) in [7, 11) is 4.41. The van der Waals surface area contributed by atoms with Gasteiger partial charge in [-0.15, -0.1) is 0 Å². The van der Waals surface area contributed by atoms with E-state index in [2.05, 4.69) is 43.1 Å². The van der Waals surface area contributed by atoms with Crippen LogP contribution in [-0.2, 0) is 0 Å². The van der Waals surface area contributed by atoms with Gasteiger partial charge in [0, 0.05) is 37.3 Å². The zero-order chi connectivity index (χ0) is 13.8. The first kappa shape index (κ1) is 15.3. The van der Waals surface area contributed by atoms with Crippen LogP contribution in [0.2, 0.25) is 0 Å². The lowest BCUT2D eigenvalue weighted by molar-refractivity contribution is 0.0178. The summed E-state index contributed by atoms with van der Waals surface area (Å²) in [6.07, 6.45) is 8.26. The average molecular weight is 267 g/mol. The molecule has 3 nitrogen and oxygen atoms in total. The summed E-state index contributed by atoms with van der Waals surface area (Å²) in [6.45, 7) is 7.13. The molecule has 2 saturated heterocycles. The molecule has 3 heteroatoms.